The molecule has 24 heavy (non-hydrogen) atoms. The maximum atomic E-state index is 6.20. The van der Waals surface area contributed by atoms with Gasteiger partial charge in [0.25, 0.3) is 0 Å². The second kappa shape index (κ2) is 7.27. The largest absolute Gasteiger partial charge is 0.374 e. The number of fused-ring (bicyclic) bond motifs is 1. The Balaban J connectivity index is 1.44. The van der Waals surface area contributed by atoms with Crippen LogP contribution < -0.4 is 0 Å². The van der Waals surface area contributed by atoms with Gasteiger partial charge >= 0.3 is 0 Å². The fraction of sp³-hybridized carbons (Fsp3) is 0.556. The van der Waals surface area contributed by atoms with Crippen LogP contribution in [0.1, 0.15) is 29.1 Å². The first-order valence-electron chi connectivity index (χ1n) is 8.57. The Labute approximate surface area is 146 Å². The average Bonchev–Trinajstić information content (AvgIpc) is 3.19. The van der Waals surface area contributed by atoms with Crippen molar-refractivity contribution in [3.63, 3.8) is 0 Å². The topological polar surface area (TPSA) is 47.5 Å². The van der Waals surface area contributed by atoms with E-state index in [9.17, 15) is 0 Å². The predicted molar refractivity (Wildman–Crippen MR) is 92.8 cm³/mol. The maximum absolute atomic E-state index is 6.20. The Morgan fingerprint density at radius 3 is 3.12 bits per heavy atom. The lowest BCUT2D eigenvalue weighted by atomic mass is 10.0. The van der Waals surface area contributed by atoms with E-state index in [0.29, 0.717) is 12.6 Å². The van der Waals surface area contributed by atoms with E-state index in [4.69, 9.17) is 9.47 Å². The molecule has 2 aliphatic heterocycles. The fourth-order valence-corrected chi connectivity index (χ4v) is 4.47. The molecule has 3 atom stereocenters. The minimum absolute atomic E-state index is 0.116. The zero-order valence-electron chi connectivity index (χ0n) is 13.9. The van der Waals surface area contributed by atoms with Crippen LogP contribution in [0, 0.1) is 6.92 Å². The van der Waals surface area contributed by atoms with Crippen molar-refractivity contribution in [1.82, 2.24) is 14.9 Å². The van der Waals surface area contributed by atoms with Gasteiger partial charge in [-0.15, -0.1) is 11.3 Å². The number of rotatable bonds is 5. The minimum atomic E-state index is 0.116. The number of ether oxygens (including phenoxy) is 2. The van der Waals surface area contributed by atoms with Crippen molar-refractivity contribution in [2.45, 2.75) is 51.2 Å². The summed E-state index contributed by atoms with van der Waals surface area (Å²) in [4.78, 5) is 12.6. The molecule has 4 heterocycles. The third-order valence-electron chi connectivity index (χ3n) is 4.95. The van der Waals surface area contributed by atoms with Gasteiger partial charge in [0.2, 0.25) is 0 Å². The van der Waals surface area contributed by atoms with Gasteiger partial charge in [0.15, 0.2) is 0 Å². The molecule has 0 aliphatic carbocycles. The normalized spacial score (nSPS) is 27.3. The van der Waals surface area contributed by atoms with E-state index < -0.39 is 0 Å². The highest BCUT2D eigenvalue weighted by Crippen LogP contribution is 2.33. The van der Waals surface area contributed by atoms with Crippen molar-refractivity contribution < 1.29 is 9.47 Å². The summed E-state index contributed by atoms with van der Waals surface area (Å²) in [5, 5.41) is 0. The highest BCUT2D eigenvalue weighted by molar-refractivity contribution is 7.09. The Bertz CT molecular complexity index is 663. The summed E-state index contributed by atoms with van der Waals surface area (Å²) in [6, 6.07) is 6.39. The van der Waals surface area contributed by atoms with Gasteiger partial charge in [0.1, 0.15) is 6.10 Å². The van der Waals surface area contributed by atoms with E-state index >= 15 is 0 Å². The number of likely N-dealkylation sites (tertiary alicyclic amines) is 1. The molecule has 2 saturated heterocycles. The Kier molecular flexibility index (Phi) is 4.89. The zero-order chi connectivity index (χ0) is 16.4. The first-order chi connectivity index (χ1) is 11.8. The van der Waals surface area contributed by atoms with Gasteiger partial charge in [-0.2, -0.15) is 0 Å². The first-order valence-corrected chi connectivity index (χ1v) is 9.45. The van der Waals surface area contributed by atoms with Crippen LogP contribution in [0.4, 0.5) is 0 Å². The second-order valence-electron chi connectivity index (χ2n) is 6.51. The van der Waals surface area contributed by atoms with Crippen LogP contribution in [-0.4, -0.2) is 46.3 Å². The molecule has 0 saturated carbocycles. The summed E-state index contributed by atoms with van der Waals surface area (Å²) in [7, 11) is 0. The third kappa shape index (κ3) is 3.37. The van der Waals surface area contributed by atoms with Crippen LogP contribution in [0.3, 0.4) is 0 Å². The summed E-state index contributed by atoms with van der Waals surface area (Å²) in [5.74, 6) is 0. The molecule has 0 N–H and O–H groups in total. The second-order valence-corrected chi connectivity index (χ2v) is 7.45. The van der Waals surface area contributed by atoms with Crippen LogP contribution in [0.5, 0.6) is 0 Å². The SMILES string of the molecule is Cc1ncsc1CN1C[C@H](OCc2ccccn2)[C@H]2OCCC[C@H]21. The smallest absolute Gasteiger partial charge is 0.100 e. The number of aryl methyl sites for hydroxylation is 1. The van der Waals surface area contributed by atoms with E-state index in [1.54, 1.807) is 11.3 Å². The fourth-order valence-electron chi connectivity index (χ4n) is 3.67. The van der Waals surface area contributed by atoms with Crippen LogP contribution in [0.25, 0.3) is 0 Å². The zero-order valence-corrected chi connectivity index (χ0v) is 14.7. The molecule has 0 unspecified atom stereocenters. The van der Waals surface area contributed by atoms with Crippen molar-refractivity contribution in [2.75, 3.05) is 13.2 Å². The van der Waals surface area contributed by atoms with E-state index in [1.807, 2.05) is 29.9 Å². The van der Waals surface area contributed by atoms with E-state index in [1.165, 1.54) is 11.3 Å². The van der Waals surface area contributed by atoms with Crippen LogP contribution in [0.2, 0.25) is 0 Å². The summed E-state index contributed by atoms with van der Waals surface area (Å²) in [6.07, 6.45) is 4.42. The van der Waals surface area contributed by atoms with Gasteiger partial charge in [-0.3, -0.25) is 9.88 Å². The summed E-state index contributed by atoms with van der Waals surface area (Å²) in [5.41, 5.74) is 4.05. The molecule has 0 radical (unpaired) electrons. The van der Waals surface area contributed by atoms with Crippen LogP contribution in [0.15, 0.2) is 29.9 Å². The average molecular weight is 345 g/mol. The van der Waals surface area contributed by atoms with Gasteiger partial charge in [0.05, 0.1) is 29.6 Å². The molecule has 2 aromatic heterocycles. The standard InChI is InChI=1S/C18H23N3O2S/c1-13-17(24-12-20-13)10-21-9-16(18-15(21)6-4-8-22-18)23-11-14-5-2-3-7-19-14/h2-3,5,7,12,15-16,18H,4,6,8-11H2,1H3/t15-,16+,18+/m1/s1. The molecule has 2 aromatic rings. The Hall–Kier alpha value is -1.34. The molecule has 4 rings (SSSR count). The summed E-state index contributed by atoms with van der Waals surface area (Å²) >= 11 is 1.74. The molecule has 0 spiro atoms. The molecule has 128 valence electrons. The van der Waals surface area contributed by atoms with Gasteiger partial charge in [-0.1, -0.05) is 6.07 Å². The molecule has 5 nitrogen and oxygen atoms in total. The molecule has 0 amide bonds. The third-order valence-corrected chi connectivity index (χ3v) is 5.87. The summed E-state index contributed by atoms with van der Waals surface area (Å²) < 4.78 is 12.3. The number of hydrogen-bond donors (Lipinski definition) is 0. The monoisotopic (exact) mass is 345 g/mol. The number of thiazole rings is 1. The van der Waals surface area contributed by atoms with Crippen LogP contribution >= 0.6 is 11.3 Å². The quantitative estimate of drug-likeness (QED) is 0.834. The number of nitrogens with zero attached hydrogens (tertiary/aromatic N) is 3. The van der Waals surface area contributed by atoms with E-state index in [0.717, 1.165) is 37.5 Å². The lowest BCUT2D eigenvalue weighted by molar-refractivity contribution is -0.0823. The lowest BCUT2D eigenvalue weighted by Crippen LogP contribution is -2.41. The van der Waals surface area contributed by atoms with Crippen molar-refractivity contribution in [2.24, 2.45) is 0 Å². The van der Waals surface area contributed by atoms with Crippen molar-refractivity contribution >= 4 is 11.3 Å². The highest BCUT2D eigenvalue weighted by atomic mass is 32.1. The molecule has 2 aliphatic rings. The molecular formula is C18H23N3O2S. The minimum Gasteiger partial charge on any atom is -0.374 e. The Morgan fingerprint density at radius 2 is 2.33 bits per heavy atom. The molecular weight excluding hydrogens is 322 g/mol. The van der Waals surface area contributed by atoms with Gasteiger partial charge < -0.3 is 9.47 Å². The van der Waals surface area contributed by atoms with Gasteiger partial charge in [-0.25, -0.2) is 4.98 Å². The lowest BCUT2D eigenvalue weighted by Gasteiger charge is -2.32. The molecule has 0 aromatic carbocycles. The Morgan fingerprint density at radius 1 is 1.38 bits per heavy atom. The van der Waals surface area contributed by atoms with Crippen molar-refractivity contribution in [3.05, 3.63) is 46.2 Å². The van der Waals surface area contributed by atoms with E-state index in [-0.39, 0.29) is 12.2 Å². The van der Waals surface area contributed by atoms with Crippen molar-refractivity contribution in [3.8, 4) is 0 Å². The molecule has 6 heteroatoms. The van der Waals surface area contributed by atoms with Crippen molar-refractivity contribution in [1.29, 1.82) is 0 Å². The van der Waals surface area contributed by atoms with Crippen LogP contribution in [-0.2, 0) is 22.6 Å². The highest BCUT2D eigenvalue weighted by Gasteiger charge is 2.44. The first kappa shape index (κ1) is 16.1. The van der Waals surface area contributed by atoms with Gasteiger partial charge in [0, 0.05) is 36.8 Å². The molecule has 0 bridgehead atoms. The summed E-state index contributed by atoms with van der Waals surface area (Å²) in [6.45, 7) is 5.35. The van der Waals surface area contributed by atoms with E-state index in [2.05, 4.69) is 21.8 Å². The number of hydrogen-bond acceptors (Lipinski definition) is 6. The molecule has 2 fully saturated rings. The maximum Gasteiger partial charge on any atom is 0.100 e. The van der Waals surface area contributed by atoms with Gasteiger partial charge in [-0.05, 0) is 31.9 Å². The predicted octanol–water partition coefficient (Wildman–Crippen LogP) is 2.80. The number of pyridine rings is 1. The number of aromatic nitrogens is 2.